The van der Waals surface area contributed by atoms with E-state index in [9.17, 15) is 15.0 Å². The Morgan fingerprint density at radius 1 is 1.56 bits per heavy atom. The third-order valence-electron chi connectivity index (χ3n) is 2.78. The highest BCUT2D eigenvalue weighted by Gasteiger charge is 2.34. The average molecular weight is 245 g/mol. The van der Waals surface area contributed by atoms with Crippen LogP contribution in [0, 0.1) is 0 Å². The van der Waals surface area contributed by atoms with E-state index in [4.69, 9.17) is 0 Å². The van der Waals surface area contributed by atoms with Gasteiger partial charge in [0.1, 0.15) is 0 Å². The maximum absolute atomic E-state index is 11.6. The van der Waals surface area contributed by atoms with Gasteiger partial charge in [-0.3, -0.25) is 4.79 Å². The molecule has 4 nitrogen and oxygen atoms in total. The van der Waals surface area contributed by atoms with E-state index in [0.717, 1.165) is 24.3 Å². The van der Waals surface area contributed by atoms with Crippen LogP contribution in [0.3, 0.4) is 0 Å². The zero-order chi connectivity index (χ0) is 12.0. The molecule has 0 aliphatic carbocycles. The van der Waals surface area contributed by atoms with Crippen molar-refractivity contribution in [1.29, 1.82) is 0 Å². The van der Waals surface area contributed by atoms with Gasteiger partial charge in [-0.2, -0.15) is 11.8 Å². The van der Waals surface area contributed by atoms with Crippen LogP contribution in [0.25, 0.3) is 0 Å². The molecule has 16 heavy (non-hydrogen) atoms. The van der Waals surface area contributed by atoms with Gasteiger partial charge in [0.2, 0.25) is 0 Å². The standard InChI is InChI=1S/C11H19NO3S/c1-2-3-9(14)10(15)12-11(8-13)4-6-16-7-5-11/h2-3,9,13-14H,4-8H2,1H3,(H,12,15)/b3-2+. The summed E-state index contributed by atoms with van der Waals surface area (Å²) in [4.78, 5) is 11.6. The summed E-state index contributed by atoms with van der Waals surface area (Å²) in [6.07, 6.45) is 3.44. The van der Waals surface area contributed by atoms with Crippen LogP contribution in [0.1, 0.15) is 19.8 Å². The summed E-state index contributed by atoms with van der Waals surface area (Å²) in [5, 5.41) is 21.6. The average Bonchev–Trinajstić information content (AvgIpc) is 2.30. The van der Waals surface area contributed by atoms with E-state index in [2.05, 4.69) is 5.32 Å². The lowest BCUT2D eigenvalue weighted by atomic mass is 9.93. The summed E-state index contributed by atoms with van der Waals surface area (Å²) < 4.78 is 0. The molecule has 1 atom stereocenters. The van der Waals surface area contributed by atoms with Crippen LogP contribution in [0.4, 0.5) is 0 Å². The Bertz CT molecular complexity index is 262. The molecule has 0 aromatic rings. The Balaban J connectivity index is 2.58. The molecule has 1 heterocycles. The Hall–Kier alpha value is -0.520. The number of aliphatic hydroxyl groups is 2. The molecule has 0 spiro atoms. The number of hydrogen-bond acceptors (Lipinski definition) is 4. The number of nitrogens with one attached hydrogen (secondary N) is 1. The Morgan fingerprint density at radius 2 is 2.19 bits per heavy atom. The number of carbonyl (C=O) groups excluding carboxylic acids is 1. The van der Waals surface area contributed by atoms with E-state index in [1.807, 2.05) is 11.8 Å². The maximum Gasteiger partial charge on any atom is 0.253 e. The molecule has 3 N–H and O–H groups in total. The predicted octanol–water partition coefficient (Wildman–Crippen LogP) is 0.298. The number of rotatable bonds is 4. The van der Waals surface area contributed by atoms with Crippen molar-refractivity contribution in [3.8, 4) is 0 Å². The maximum atomic E-state index is 11.6. The zero-order valence-electron chi connectivity index (χ0n) is 9.48. The lowest BCUT2D eigenvalue weighted by Crippen LogP contribution is -2.55. The van der Waals surface area contributed by atoms with Crippen molar-refractivity contribution in [1.82, 2.24) is 5.32 Å². The van der Waals surface area contributed by atoms with Gasteiger partial charge in [0, 0.05) is 0 Å². The second kappa shape index (κ2) is 6.27. The van der Waals surface area contributed by atoms with Gasteiger partial charge in [-0.15, -0.1) is 0 Å². The first-order valence-electron chi connectivity index (χ1n) is 5.45. The molecule has 0 radical (unpaired) electrons. The van der Waals surface area contributed by atoms with Crippen LogP contribution in [0.5, 0.6) is 0 Å². The first-order valence-corrected chi connectivity index (χ1v) is 6.60. The molecule has 0 saturated carbocycles. The molecule has 0 aromatic carbocycles. The smallest absolute Gasteiger partial charge is 0.253 e. The predicted molar refractivity (Wildman–Crippen MR) is 65.3 cm³/mol. The molecule has 1 rings (SSSR count). The van der Waals surface area contributed by atoms with Crippen LogP contribution in [-0.2, 0) is 4.79 Å². The van der Waals surface area contributed by atoms with Gasteiger partial charge < -0.3 is 15.5 Å². The van der Waals surface area contributed by atoms with Crippen molar-refractivity contribution in [3.05, 3.63) is 12.2 Å². The normalized spacial score (nSPS) is 21.9. The molecule has 1 aliphatic rings. The Morgan fingerprint density at radius 3 is 2.69 bits per heavy atom. The number of allylic oxidation sites excluding steroid dienone is 1. The SMILES string of the molecule is C/C=C/C(O)C(=O)NC1(CO)CCSCC1. The second-order valence-electron chi connectivity index (χ2n) is 4.01. The summed E-state index contributed by atoms with van der Waals surface area (Å²) in [6, 6.07) is 0. The van der Waals surface area contributed by atoms with Crippen LogP contribution < -0.4 is 5.32 Å². The van der Waals surface area contributed by atoms with E-state index < -0.39 is 17.6 Å². The van der Waals surface area contributed by atoms with Gasteiger partial charge in [0.25, 0.3) is 5.91 Å². The van der Waals surface area contributed by atoms with E-state index in [1.54, 1.807) is 13.0 Å². The topological polar surface area (TPSA) is 69.6 Å². The largest absolute Gasteiger partial charge is 0.394 e. The summed E-state index contributed by atoms with van der Waals surface area (Å²) in [6.45, 7) is 1.68. The van der Waals surface area contributed by atoms with E-state index in [-0.39, 0.29) is 6.61 Å². The number of hydrogen-bond donors (Lipinski definition) is 3. The molecular formula is C11H19NO3S. The molecule has 1 saturated heterocycles. The van der Waals surface area contributed by atoms with Crippen LogP contribution in [0.15, 0.2) is 12.2 Å². The summed E-state index contributed by atoms with van der Waals surface area (Å²) in [5.41, 5.74) is -0.537. The van der Waals surface area contributed by atoms with Gasteiger partial charge >= 0.3 is 0 Å². The van der Waals surface area contributed by atoms with Crippen LogP contribution in [-0.4, -0.2) is 45.9 Å². The fourth-order valence-corrected chi connectivity index (χ4v) is 2.96. The van der Waals surface area contributed by atoms with Crippen molar-refractivity contribution >= 4 is 17.7 Å². The molecule has 1 aliphatic heterocycles. The lowest BCUT2D eigenvalue weighted by molar-refractivity contribution is -0.129. The quantitative estimate of drug-likeness (QED) is 0.623. The van der Waals surface area contributed by atoms with Crippen LogP contribution in [0.2, 0.25) is 0 Å². The van der Waals surface area contributed by atoms with Gasteiger partial charge in [-0.25, -0.2) is 0 Å². The monoisotopic (exact) mass is 245 g/mol. The highest BCUT2D eigenvalue weighted by atomic mass is 32.2. The molecular weight excluding hydrogens is 226 g/mol. The minimum atomic E-state index is -1.12. The Kier molecular flexibility index (Phi) is 5.31. The summed E-state index contributed by atoms with van der Waals surface area (Å²) in [5.74, 6) is 1.43. The zero-order valence-corrected chi connectivity index (χ0v) is 10.3. The third kappa shape index (κ3) is 3.50. The lowest BCUT2D eigenvalue weighted by Gasteiger charge is -2.36. The molecule has 0 aromatic heterocycles. The van der Waals surface area contributed by atoms with Gasteiger partial charge in [0.05, 0.1) is 12.1 Å². The molecule has 1 unspecified atom stereocenters. The van der Waals surface area contributed by atoms with Gasteiger partial charge in [-0.05, 0) is 31.3 Å². The first-order chi connectivity index (χ1) is 7.63. The number of thioether (sulfide) groups is 1. The summed E-state index contributed by atoms with van der Waals surface area (Å²) in [7, 11) is 0. The minimum Gasteiger partial charge on any atom is -0.394 e. The highest BCUT2D eigenvalue weighted by Crippen LogP contribution is 2.26. The minimum absolute atomic E-state index is 0.0676. The number of amides is 1. The highest BCUT2D eigenvalue weighted by molar-refractivity contribution is 7.99. The van der Waals surface area contributed by atoms with E-state index in [1.165, 1.54) is 6.08 Å². The molecule has 5 heteroatoms. The van der Waals surface area contributed by atoms with Crippen molar-refractivity contribution in [2.24, 2.45) is 0 Å². The number of carbonyl (C=O) groups is 1. The summed E-state index contributed by atoms with van der Waals surface area (Å²) >= 11 is 1.82. The molecule has 1 amide bonds. The first kappa shape index (κ1) is 13.5. The number of aliphatic hydroxyl groups excluding tert-OH is 2. The fraction of sp³-hybridized carbons (Fsp3) is 0.727. The van der Waals surface area contributed by atoms with Crippen molar-refractivity contribution in [2.75, 3.05) is 18.1 Å². The van der Waals surface area contributed by atoms with Gasteiger partial charge in [0.15, 0.2) is 6.10 Å². The van der Waals surface area contributed by atoms with Crippen molar-refractivity contribution in [2.45, 2.75) is 31.4 Å². The second-order valence-corrected chi connectivity index (χ2v) is 5.24. The third-order valence-corrected chi connectivity index (χ3v) is 3.77. The van der Waals surface area contributed by atoms with Crippen LogP contribution >= 0.6 is 11.8 Å². The molecule has 0 bridgehead atoms. The fourth-order valence-electron chi connectivity index (χ4n) is 1.69. The van der Waals surface area contributed by atoms with E-state index >= 15 is 0 Å². The van der Waals surface area contributed by atoms with E-state index in [0.29, 0.717) is 0 Å². The molecule has 92 valence electrons. The van der Waals surface area contributed by atoms with Gasteiger partial charge in [-0.1, -0.05) is 12.2 Å². The molecule has 1 fully saturated rings. The van der Waals surface area contributed by atoms with Crippen molar-refractivity contribution in [3.63, 3.8) is 0 Å². The van der Waals surface area contributed by atoms with Crippen molar-refractivity contribution < 1.29 is 15.0 Å². The Labute approximate surface area is 100 Å².